The molecule has 0 unspecified atom stereocenters. The molecule has 0 radical (unpaired) electrons. The first-order chi connectivity index (χ1) is 7.68. The van der Waals surface area contributed by atoms with Gasteiger partial charge in [0.2, 0.25) is 0 Å². The SMILES string of the molecule is CCCCCCC(O)(CO)CCCCCC. The van der Waals surface area contributed by atoms with Gasteiger partial charge in [-0.15, -0.1) is 0 Å². The summed E-state index contributed by atoms with van der Waals surface area (Å²) in [6, 6.07) is 0. The summed E-state index contributed by atoms with van der Waals surface area (Å²) >= 11 is 0. The summed E-state index contributed by atoms with van der Waals surface area (Å²) in [5.74, 6) is 0. The fourth-order valence-corrected chi connectivity index (χ4v) is 2.04. The number of hydrogen-bond donors (Lipinski definition) is 2. The summed E-state index contributed by atoms with van der Waals surface area (Å²) in [4.78, 5) is 0. The van der Waals surface area contributed by atoms with E-state index < -0.39 is 5.60 Å². The Hall–Kier alpha value is -0.0800. The lowest BCUT2D eigenvalue weighted by molar-refractivity contribution is -0.0314. The van der Waals surface area contributed by atoms with Crippen LogP contribution >= 0.6 is 0 Å². The second-order valence-corrected chi connectivity index (χ2v) is 5.00. The molecule has 0 heterocycles. The van der Waals surface area contributed by atoms with Gasteiger partial charge in [0.1, 0.15) is 0 Å². The molecule has 0 aliphatic carbocycles. The number of rotatable bonds is 11. The van der Waals surface area contributed by atoms with Crippen LogP contribution in [0.5, 0.6) is 0 Å². The molecule has 0 aromatic heterocycles. The number of aliphatic hydroxyl groups is 2. The first-order valence-corrected chi connectivity index (χ1v) is 7.01. The van der Waals surface area contributed by atoms with E-state index in [0.717, 1.165) is 25.7 Å². The maximum Gasteiger partial charge on any atom is 0.0877 e. The third-order valence-corrected chi connectivity index (χ3v) is 3.29. The molecule has 2 heteroatoms. The van der Waals surface area contributed by atoms with Gasteiger partial charge in [-0.3, -0.25) is 0 Å². The van der Waals surface area contributed by atoms with Crippen LogP contribution in [-0.2, 0) is 0 Å². The average molecular weight is 230 g/mol. The molecule has 98 valence electrons. The summed E-state index contributed by atoms with van der Waals surface area (Å²) in [7, 11) is 0. The zero-order valence-electron chi connectivity index (χ0n) is 11.2. The van der Waals surface area contributed by atoms with Gasteiger partial charge in [0.15, 0.2) is 0 Å². The maximum absolute atomic E-state index is 10.2. The van der Waals surface area contributed by atoms with E-state index in [0.29, 0.717) is 0 Å². The van der Waals surface area contributed by atoms with Crippen LogP contribution in [0.1, 0.15) is 78.1 Å². The molecule has 0 aromatic carbocycles. The number of hydrogen-bond acceptors (Lipinski definition) is 2. The smallest absolute Gasteiger partial charge is 0.0877 e. The van der Waals surface area contributed by atoms with Crippen molar-refractivity contribution in [2.45, 2.75) is 83.7 Å². The second-order valence-electron chi connectivity index (χ2n) is 5.00. The average Bonchev–Trinajstić information content (AvgIpc) is 2.31. The Balaban J connectivity index is 3.64. The zero-order chi connectivity index (χ0) is 12.3. The van der Waals surface area contributed by atoms with Crippen molar-refractivity contribution in [3.05, 3.63) is 0 Å². The normalized spacial score (nSPS) is 12.0. The van der Waals surface area contributed by atoms with E-state index in [2.05, 4.69) is 13.8 Å². The van der Waals surface area contributed by atoms with Crippen molar-refractivity contribution in [1.82, 2.24) is 0 Å². The van der Waals surface area contributed by atoms with Crippen LogP contribution in [0.2, 0.25) is 0 Å². The molecule has 2 N–H and O–H groups in total. The lowest BCUT2D eigenvalue weighted by atomic mass is 9.90. The molecule has 0 fully saturated rings. The molecule has 0 aromatic rings. The van der Waals surface area contributed by atoms with Gasteiger partial charge in [-0.1, -0.05) is 65.2 Å². The monoisotopic (exact) mass is 230 g/mol. The molecule has 0 spiro atoms. The van der Waals surface area contributed by atoms with Gasteiger partial charge in [-0.25, -0.2) is 0 Å². The van der Waals surface area contributed by atoms with E-state index in [4.69, 9.17) is 0 Å². The molecule has 0 aliphatic heterocycles. The molecular weight excluding hydrogens is 200 g/mol. The quantitative estimate of drug-likeness (QED) is 0.532. The summed E-state index contributed by atoms with van der Waals surface area (Å²) in [5, 5.41) is 19.4. The highest BCUT2D eigenvalue weighted by molar-refractivity contribution is 4.77. The Kier molecular flexibility index (Phi) is 10.0. The highest BCUT2D eigenvalue weighted by atomic mass is 16.3. The maximum atomic E-state index is 10.2. The molecule has 0 rings (SSSR count). The first kappa shape index (κ1) is 15.9. The lowest BCUT2D eigenvalue weighted by Crippen LogP contribution is -2.33. The predicted molar refractivity (Wildman–Crippen MR) is 69.6 cm³/mol. The summed E-state index contributed by atoms with van der Waals surface area (Å²) < 4.78 is 0. The fraction of sp³-hybridized carbons (Fsp3) is 1.00. The van der Waals surface area contributed by atoms with Gasteiger partial charge in [0.05, 0.1) is 12.2 Å². The van der Waals surface area contributed by atoms with Gasteiger partial charge in [-0.05, 0) is 12.8 Å². The predicted octanol–water partition coefficient (Wildman–Crippen LogP) is 3.65. The fourth-order valence-electron chi connectivity index (χ4n) is 2.04. The van der Waals surface area contributed by atoms with E-state index in [1.807, 2.05) is 0 Å². The van der Waals surface area contributed by atoms with Crippen LogP contribution in [0.3, 0.4) is 0 Å². The van der Waals surface area contributed by atoms with E-state index in [-0.39, 0.29) is 6.61 Å². The van der Waals surface area contributed by atoms with Crippen molar-refractivity contribution in [1.29, 1.82) is 0 Å². The van der Waals surface area contributed by atoms with Crippen LogP contribution < -0.4 is 0 Å². The highest BCUT2D eigenvalue weighted by Gasteiger charge is 2.24. The van der Waals surface area contributed by atoms with Gasteiger partial charge in [-0.2, -0.15) is 0 Å². The number of unbranched alkanes of at least 4 members (excludes halogenated alkanes) is 6. The van der Waals surface area contributed by atoms with E-state index >= 15 is 0 Å². The molecular formula is C14H30O2. The van der Waals surface area contributed by atoms with Crippen molar-refractivity contribution in [3.63, 3.8) is 0 Å². The molecule has 0 aliphatic rings. The molecule has 0 bridgehead atoms. The summed E-state index contributed by atoms with van der Waals surface area (Å²) in [6.45, 7) is 4.29. The van der Waals surface area contributed by atoms with Crippen molar-refractivity contribution >= 4 is 0 Å². The summed E-state index contributed by atoms with van der Waals surface area (Å²) in [6.07, 6.45) is 10.8. The largest absolute Gasteiger partial charge is 0.393 e. The highest BCUT2D eigenvalue weighted by Crippen LogP contribution is 2.22. The second kappa shape index (κ2) is 10.1. The lowest BCUT2D eigenvalue weighted by Gasteiger charge is -2.25. The minimum atomic E-state index is -0.804. The number of aliphatic hydroxyl groups excluding tert-OH is 1. The van der Waals surface area contributed by atoms with Gasteiger partial charge < -0.3 is 10.2 Å². The van der Waals surface area contributed by atoms with Crippen molar-refractivity contribution in [2.75, 3.05) is 6.61 Å². The Bertz CT molecular complexity index is 134. The van der Waals surface area contributed by atoms with E-state index in [9.17, 15) is 10.2 Å². The van der Waals surface area contributed by atoms with Crippen molar-refractivity contribution in [2.24, 2.45) is 0 Å². The molecule has 2 nitrogen and oxygen atoms in total. The third kappa shape index (κ3) is 8.12. The van der Waals surface area contributed by atoms with Gasteiger partial charge in [0.25, 0.3) is 0 Å². The van der Waals surface area contributed by atoms with E-state index in [1.54, 1.807) is 0 Å². The van der Waals surface area contributed by atoms with E-state index in [1.165, 1.54) is 38.5 Å². The van der Waals surface area contributed by atoms with Crippen molar-refractivity contribution < 1.29 is 10.2 Å². The Morgan fingerprint density at radius 1 is 0.750 bits per heavy atom. The van der Waals surface area contributed by atoms with Gasteiger partial charge >= 0.3 is 0 Å². The molecule has 0 saturated carbocycles. The third-order valence-electron chi connectivity index (χ3n) is 3.29. The van der Waals surface area contributed by atoms with Crippen LogP contribution in [0.4, 0.5) is 0 Å². The molecule has 0 saturated heterocycles. The Morgan fingerprint density at radius 3 is 1.50 bits per heavy atom. The Morgan fingerprint density at radius 2 is 1.19 bits per heavy atom. The standard InChI is InChI=1S/C14H30O2/c1-3-5-7-9-11-14(16,13-15)12-10-8-6-4-2/h15-16H,3-13H2,1-2H3. The first-order valence-electron chi connectivity index (χ1n) is 7.01. The van der Waals surface area contributed by atoms with Crippen LogP contribution in [0.15, 0.2) is 0 Å². The molecule has 0 amide bonds. The molecule has 0 atom stereocenters. The van der Waals surface area contributed by atoms with Gasteiger partial charge in [0, 0.05) is 0 Å². The minimum absolute atomic E-state index is 0.0781. The molecule has 16 heavy (non-hydrogen) atoms. The zero-order valence-corrected chi connectivity index (χ0v) is 11.2. The van der Waals surface area contributed by atoms with Crippen molar-refractivity contribution in [3.8, 4) is 0 Å². The van der Waals surface area contributed by atoms with Crippen LogP contribution in [-0.4, -0.2) is 22.4 Å². The Labute approximate surface area is 101 Å². The van der Waals surface area contributed by atoms with Crippen LogP contribution in [0.25, 0.3) is 0 Å². The minimum Gasteiger partial charge on any atom is -0.393 e. The van der Waals surface area contributed by atoms with Crippen LogP contribution in [0, 0.1) is 0 Å². The topological polar surface area (TPSA) is 40.5 Å². The summed E-state index contributed by atoms with van der Waals surface area (Å²) in [5.41, 5.74) is -0.804.